The van der Waals surface area contributed by atoms with Gasteiger partial charge in [0.1, 0.15) is 0 Å². The molecule has 2 rings (SSSR count). The van der Waals surface area contributed by atoms with Crippen molar-refractivity contribution in [1.29, 1.82) is 0 Å². The van der Waals surface area contributed by atoms with E-state index >= 15 is 0 Å². The Morgan fingerprint density at radius 3 is 2.55 bits per heavy atom. The molecule has 1 saturated heterocycles. The lowest BCUT2D eigenvalue weighted by Gasteiger charge is -2.25. The lowest BCUT2D eigenvalue weighted by molar-refractivity contribution is -0.129. The van der Waals surface area contributed by atoms with Crippen molar-refractivity contribution in [3.05, 3.63) is 48.1 Å². The summed E-state index contributed by atoms with van der Waals surface area (Å²) >= 11 is 1.73. The summed E-state index contributed by atoms with van der Waals surface area (Å²) in [4.78, 5) is 14.9. The minimum atomic E-state index is 0.0516. The quantitative estimate of drug-likeness (QED) is 0.485. The third-order valence-electron chi connectivity index (χ3n) is 3.08. The molecule has 1 aromatic carbocycles. The predicted octanol–water partition coefficient (Wildman–Crippen LogP) is 2.84. The summed E-state index contributed by atoms with van der Waals surface area (Å²) in [5.41, 5.74) is 1.13. The molecule has 0 bridgehead atoms. The highest BCUT2D eigenvalue weighted by Crippen LogP contribution is 2.15. The maximum absolute atomic E-state index is 11.8. The van der Waals surface area contributed by atoms with Crippen molar-refractivity contribution in [2.75, 3.05) is 32.6 Å². The number of benzene rings is 1. The van der Waals surface area contributed by atoms with Gasteiger partial charge in [-0.05, 0) is 24.0 Å². The van der Waals surface area contributed by atoms with Crippen LogP contribution in [0.5, 0.6) is 0 Å². The first-order valence-electron chi connectivity index (χ1n) is 6.65. The molecule has 1 amide bonds. The molecule has 3 nitrogen and oxygen atoms in total. The molecule has 0 aliphatic carbocycles. The monoisotopic (exact) mass is 289 g/mol. The average molecular weight is 289 g/mol. The van der Waals surface area contributed by atoms with Crippen molar-refractivity contribution in [3.63, 3.8) is 0 Å². The number of carbonyl (C=O) groups excluding carboxylic acids is 1. The molecule has 0 saturated carbocycles. The molecule has 106 valence electrons. The Kier molecular flexibility index (Phi) is 5.89. The molecule has 0 aromatic heterocycles. The second-order valence-corrected chi connectivity index (χ2v) is 5.31. The fourth-order valence-electron chi connectivity index (χ4n) is 1.91. The predicted molar refractivity (Wildman–Crippen MR) is 83.8 cm³/mol. The summed E-state index contributed by atoms with van der Waals surface area (Å²) in [6.45, 7) is 2.64. The van der Waals surface area contributed by atoms with Crippen molar-refractivity contribution < 1.29 is 9.53 Å². The van der Waals surface area contributed by atoms with Crippen LogP contribution in [0.15, 0.2) is 47.4 Å². The largest absolute Gasteiger partial charge is 0.378 e. The summed E-state index contributed by atoms with van der Waals surface area (Å²) in [5.74, 6) is 0.0516. The number of morpholine rings is 1. The molecule has 1 aliphatic heterocycles. The topological polar surface area (TPSA) is 29.5 Å². The number of hydrogen-bond acceptors (Lipinski definition) is 3. The summed E-state index contributed by atoms with van der Waals surface area (Å²) in [6, 6.07) is 8.32. The number of thioether (sulfide) groups is 1. The van der Waals surface area contributed by atoms with E-state index in [1.807, 2.05) is 12.2 Å². The third kappa shape index (κ3) is 4.54. The van der Waals surface area contributed by atoms with Crippen molar-refractivity contribution >= 4 is 23.7 Å². The van der Waals surface area contributed by atoms with E-state index in [0.29, 0.717) is 26.3 Å². The van der Waals surface area contributed by atoms with Gasteiger partial charge < -0.3 is 9.64 Å². The second kappa shape index (κ2) is 7.92. The van der Waals surface area contributed by atoms with Crippen molar-refractivity contribution in [2.45, 2.75) is 4.90 Å². The van der Waals surface area contributed by atoms with E-state index in [9.17, 15) is 4.79 Å². The molecule has 0 unspecified atom stereocenters. The average Bonchev–Trinajstić information content (AvgIpc) is 2.53. The molecule has 4 heteroatoms. The van der Waals surface area contributed by atoms with Crippen molar-refractivity contribution in [2.24, 2.45) is 0 Å². The van der Waals surface area contributed by atoms with E-state index in [-0.39, 0.29) is 5.91 Å². The third-order valence-corrected chi connectivity index (χ3v) is 3.82. The number of rotatable bonds is 4. The minimum absolute atomic E-state index is 0.0516. The summed E-state index contributed by atoms with van der Waals surface area (Å²) in [5, 5.41) is 0. The highest BCUT2D eigenvalue weighted by atomic mass is 32.2. The first kappa shape index (κ1) is 14.9. The fraction of sp³-hybridized carbons (Fsp3) is 0.312. The van der Waals surface area contributed by atoms with E-state index in [2.05, 4.69) is 30.5 Å². The maximum atomic E-state index is 11.8. The minimum Gasteiger partial charge on any atom is -0.378 e. The summed E-state index contributed by atoms with van der Waals surface area (Å²) in [7, 11) is 0. The van der Waals surface area contributed by atoms with Gasteiger partial charge in [-0.25, -0.2) is 0 Å². The van der Waals surface area contributed by atoms with Gasteiger partial charge in [-0.15, -0.1) is 11.8 Å². The highest BCUT2D eigenvalue weighted by molar-refractivity contribution is 7.98. The van der Waals surface area contributed by atoms with Gasteiger partial charge in [0.25, 0.3) is 0 Å². The number of amides is 1. The van der Waals surface area contributed by atoms with Crippen LogP contribution in [0, 0.1) is 0 Å². The number of nitrogens with zero attached hydrogens (tertiary/aromatic N) is 1. The Bertz CT molecular complexity index is 488. The zero-order valence-electron chi connectivity index (χ0n) is 11.6. The van der Waals surface area contributed by atoms with E-state index in [0.717, 1.165) is 5.56 Å². The zero-order chi connectivity index (χ0) is 14.2. The van der Waals surface area contributed by atoms with Crippen LogP contribution in [0.2, 0.25) is 0 Å². The maximum Gasteiger partial charge on any atom is 0.246 e. The van der Waals surface area contributed by atoms with Crippen LogP contribution in [0.4, 0.5) is 0 Å². The fourth-order valence-corrected chi connectivity index (χ4v) is 2.32. The number of hydrogen-bond donors (Lipinski definition) is 0. The molecule has 1 heterocycles. The van der Waals surface area contributed by atoms with E-state index < -0.39 is 0 Å². The Hall–Kier alpha value is -1.52. The molecular weight excluding hydrogens is 270 g/mol. The van der Waals surface area contributed by atoms with E-state index in [4.69, 9.17) is 4.74 Å². The smallest absolute Gasteiger partial charge is 0.246 e. The van der Waals surface area contributed by atoms with Crippen LogP contribution in [0.25, 0.3) is 6.08 Å². The Labute approximate surface area is 124 Å². The molecule has 1 fully saturated rings. The van der Waals surface area contributed by atoms with Gasteiger partial charge in [0, 0.05) is 24.1 Å². The van der Waals surface area contributed by atoms with Gasteiger partial charge in [0.2, 0.25) is 5.91 Å². The molecule has 1 aromatic rings. The second-order valence-electron chi connectivity index (χ2n) is 4.43. The number of ether oxygens (including phenoxy) is 1. The molecular formula is C16H19NO2S. The van der Waals surface area contributed by atoms with E-state index in [1.165, 1.54) is 4.90 Å². The lowest BCUT2D eigenvalue weighted by atomic mass is 10.2. The van der Waals surface area contributed by atoms with Crippen LogP contribution >= 0.6 is 11.8 Å². The van der Waals surface area contributed by atoms with Gasteiger partial charge in [-0.3, -0.25) is 4.79 Å². The lowest BCUT2D eigenvalue weighted by Crippen LogP contribution is -2.39. The van der Waals surface area contributed by atoms with Crippen molar-refractivity contribution in [3.8, 4) is 0 Å². The highest BCUT2D eigenvalue weighted by Gasteiger charge is 2.13. The Balaban J connectivity index is 1.84. The SMILES string of the molecule is CSc1ccc(/C=C/C=C/C(=O)N2CCOCC2)cc1. The van der Waals surface area contributed by atoms with Crippen molar-refractivity contribution in [1.82, 2.24) is 4.90 Å². The van der Waals surface area contributed by atoms with Gasteiger partial charge in [0.15, 0.2) is 0 Å². The molecule has 0 spiro atoms. The Morgan fingerprint density at radius 2 is 1.90 bits per heavy atom. The van der Waals surface area contributed by atoms with Gasteiger partial charge in [-0.2, -0.15) is 0 Å². The normalized spacial score (nSPS) is 16.1. The van der Waals surface area contributed by atoms with Gasteiger partial charge >= 0.3 is 0 Å². The first-order chi connectivity index (χ1) is 9.79. The van der Waals surface area contributed by atoms with Crippen LogP contribution in [0.3, 0.4) is 0 Å². The molecule has 1 aliphatic rings. The van der Waals surface area contributed by atoms with Gasteiger partial charge in [-0.1, -0.05) is 30.4 Å². The molecule has 0 atom stereocenters. The first-order valence-corrected chi connectivity index (χ1v) is 7.87. The van der Waals surface area contributed by atoms with Crippen LogP contribution in [0.1, 0.15) is 5.56 Å². The molecule has 0 radical (unpaired) electrons. The number of allylic oxidation sites excluding steroid dienone is 2. The Morgan fingerprint density at radius 1 is 1.20 bits per heavy atom. The standard InChI is InChI=1S/C16H19NO2S/c1-20-15-8-6-14(7-9-15)4-2-3-5-16(18)17-10-12-19-13-11-17/h2-9H,10-13H2,1H3/b4-2+,5-3+. The van der Waals surface area contributed by atoms with Crippen LogP contribution < -0.4 is 0 Å². The molecule has 0 N–H and O–H groups in total. The molecule has 20 heavy (non-hydrogen) atoms. The summed E-state index contributed by atoms with van der Waals surface area (Å²) in [6.07, 6.45) is 9.35. The summed E-state index contributed by atoms with van der Waals surface area (Å²) < 4.78 is 5.22. The van der Waals surface area contributed by atoms with Crippen LogP contribution in [-0.4, -0.2) is 43.4 Å². The van der Waals surface area contributed by atoms with Crippen LogP contribution in [-0.2, 0) is 9.53 Å². The van der Waals surface area contributed by atoms with E-state index in [1.54, 1.807) is 28.8 Å². The zero-order valence-corrected chi connectivity index (χ0v) is 12.4. The van der Waals surface area contributed by atoms with Gasteiger partial charge in [0.05, 0.1) is 13.2 Å². The number of carbonyl (C=O) groups is 1.